The highest BCUT2D eigenvalue weighted by Gasteiger charge is 2.27. The lowest BCUT2D eigenvalue weighted by Gasteiger charge is -2.19. The van der Waals surface area contributed by atoms with Crippen molar-refractivity contribution in [3.05, 3.63) is 95.6 Å². The summed E-state index contributed by atoms with van der Waals surface area (Å²) in [5.74, 6) is -2.37. The largest absolute Gasteiger partial charge is 0.322 e. The van der Waals surface area contributed by atoms with Gasteiger partial charge in [0.05, 0.1) is 10.6 Å². The van der Waals surface area contributed by atoms with Crippen molar-refractivity contribution in [2.45, 2.75) is 24.3 Å². The number of hydrogen-bond donors (Lipinski definition) is 2. The number of nitrogens with one attached hydrogen (secondary N) is 2. The molecule has 0 aliphatic rings. The minimum absolute atomic E-state index is 0.00380. The molecule has 3 aromatic carbocycles. The Morgan fingerprint density at radius 1 is 0.967 bits per heavy atom. The zero-order valence-corrected chi connectivity index (χ0v) is 16.9. The summed E-state index contributed by atoms with van der Waals surface area (Å²) < 4.78 is 55.4. The molecule has 0 saturated carbocycles. The molecule has 0 spiro atoms. The molecule has 156 valence electrons. The fourth-order valence-corrected chi connectivity index (χ4v) is 4.02. The molecule has 1 atom stereocenters. The van der Waals surface area contributed by atoms with Crippen molar-refractivity contribution >= 4 is 21.6 Å². The highest BCUT2D eigenvalue weighted by Crippen LogP contribution is 2.17. The molecule has 1 amide bonds. The van der Waals surface area contributed by atoms with Crippen LogP contribution < -0.4 is 10.0 Å². The number of benzene rings is 3. The molecule has 0 unspecified atom stereocenters. The van der Waals surface area contributed by atoms with Crippen molar-refractivity contribution in [3.63, 3.8) is 0 Å². The molecule has 3 rings (SSSR count). The van der Waals surface area contributed by atoms with Gasteiger partial charge < -0.3 is 5.32 Å². The van der Waals surface area contributed by atoms with Crippen LogP contribution in [0.1, 0.15) is 11.1 Å². The van der Waals surface area contributed by atoms with Crippen LogP contribution in [-0.4, -0.2) is 20.4 Å². The van der Waals surface area contributed by atoms with Crippen LogP contribution in [0.15, 0.2) is 77.7 Å². The van der Waals surface area contributed by atoms with E-state index in [1.807, 2.05) is 6.92 Å². The van der Waals surface area contributed by atoms with Gasteiger partial charge in [0.15, 0.2) is 0 Å². The number of halogens is 2. The van der Waals surface area contributed by atoms with Crippen molar-refractivity contribution in [1.29, 1.82) is 0 Å². The number of sulfonamides is 1. The van der Waals surface area contributed by atoms with Gasteiger partial charge in [-0.25, -0.2) is 17.2 Å². The van der Waals surface area contributed by atoms with Gasteiger partial charge in [0.25, 0.3) is 0 Å². The zero-order chi connectivity index (χ0) is 21.7. The van der Waals surface area contributed by atoms with Gasteiger partial charge in [-0.05, 0) is 43.2 Å². The Morgan fingerprint density at radius 2 is 1.63 bits per heavy atom. The number of anilines is 1. The van der Waals surface area contributed by atoms with E-state index in [1.165, 1.54) is 12.1 Å². The average Bonchev–Trinajstić information content (AvgIpc) is 2.71. The molecule has 2 N–H and O–H groups in total. The van der Waals surface area contributed by atoms with Crippen LogP contribution in [0.4, 0.5) is 14.5 Å². The van der Waals surface area contributed by atoms with Gasteiger partial charge in [0, 0.05) is 6.07 Å². The van der Waals surface area contributed by atoms with E-state index in [0.29, 0.717) is 5.56 Å². The third-order valence-electron chi connectivity index (χ3n) is 4.41. The van der Waals surface area contributed by atoms with E-state index in [0.717, 1.165) is 23.8 Å². The first-order valence-corrected chi connectivity index (χ1v) is 10.6. The summed E-state index contributed by atoms with van der Waals surface area (Å²) in [7, 11) is -4.03. The normalized spacial score (nSPS) is 12.4. The highest BCUT2D eigenvalue weighted by atomic mass is 32.2. The SMILES string of the molecule is Cc1ccc(S(=O)(=O)N[C@@H](Cc2ccccc2)C(=O)Nc2cc(F)ccc2F)cc1. The number of rotatable bonds is 7. The van der Waals surface area contributed by atoms with Gasteiger partial charge >= 0.3 is 0 Å². The van der Waals surface area contributed by atoms with E-state index in [4.69, 9.17) is 0 Å². The van der Waals surface area contributed by atoms with Crippen LogP contribution in [0.3, 0.4) is 0 Å². The molecule has 30 heavy (non-hydrogen) atoms. The molecule has 0 heterocycles. The van der Waals surface area contributed by atoms with Crippen molar-refractivity contribution in [3.8, 4) is 0 Å². The van der Waals surface area contributed by atoms with Crippen molar-refractivity contribution in [2.75, 3.05) is 5.32 Å². The fraction of sp³-hybridized carbons (Fsp3) is 0.136. The first-order valence-electron chi connectivity index (χ1n) is 9.13. The Bertz CT molecular complexity index is 1130. The molecule has 0 bridgehead atoms. The lowest BCUT2D eigenvalue weighted by Crippen LogP contribution is -2.45. The number of carbonyl (C=O) groups is 1. The minimum atomic E-state index is -4.03. The van der Waals surface area contributed by atoms with Gasteiger partial charge in [-0.15, -0.1) is 0 Å². The van der Waals surface area contributed by atoms with E-state index in [9.17, 15) is 22.0 Å². The topological polar surface area (TPSA) is 75.3 Å². The standard InChI is InChI=1S/C22H20F2N2O3S/c1-15-7-10-18(11-8-15)30(28,29)26-21(13-16-5-3-2-4-6-16)22(27)25-20-14-17(23)9-12-19(20)24/h2-12,14,21,26H,13H2,1H3,(H,25,27)/t21-/m0/s1. The number of hydrogen-bond acceptors (Lipinski definition) is 3. The zero-order valence-electron chi connectivity index (χ0n) is 16.1. The van der Waals surface area contributed by atoms with E-state index >= 15 is 0 Å². The molecular weight excluding hydrogens is 410 g/mol. The quantitative estimate of drug-likeness (QED) is 0.599. The van der Waals surface area contributed by atoms with Gasteiger partial charge in [0.2, 0.25) is 15.9 Å². The van der Waals surface area contributed by atoms with Gasteiger partial charge in [-0.1, -0.05) is 48.0 Å². The number of amides is 1. The highest BCUT2D eigenvalue weighted by molar-refractivity contribution is 7.89. The Morgan fingerprint density at radius 3 is 2.30 bits per heavy atom. The summed E-state index contributed by atoms with van der Waals surface area (Å²) in [5, 5.41) is 2.27. The molecule has 0 radical (unpaired) electrons. The Balaban J connectivity index is 1.88. The summed E-state index contributed by atoms with van der Waals surface area (Å²) in [4.78, 5) is 12.8. The first kappa shape index (κ1) is 21.6. The van der Waals surface area contributed by atoms with Gasteiger partial charge in [-0.3, -0.25) is 4.79 Å². The maximum absolute atomic E-state index is 13.9. The molecule has 0 saturated heterocycles. The van der Waals surface area contributed by atoms with Crippen LogP contribution in [0, 0.1) is 18.6 Å². The third kappa shape index (κ3) is 5.49. The summed E-state index contributed by atoms with van der Waals surface area (Å²) in [6, 6.07) is 16.3. The Hall–Kier alpha value is -3.10. The first-order chi connectivity index (χ1) is 14.2. The molecule has 0 aliphatic heterocycles. The van der Waals surface area contributed by atoms with Crippen molar-refractivity contribution < 1.29 is 22.0 Å². The average molecular weight is 430 g/mol. The summed E-state index contributed by atoms with van der Waals surface area (Å²) in [6.07, 6.45) is 0.0225. The van der Waals surface area contributed by atoms with Crippen LogP contribution in [0.2, 0.25) is 0 Å². The van der Waals surface area contributed by atoms with E-state index in [-0.39, 0.29) is 17.0 Å². The van der Waals surface area contributed by atoms with Crippen molar-refractivity contribution in [2.24, 2.45) is 0 Å². The molecule has 8 heteroatoms. The molecule has 0 aliphatic carbocycles. The third-order valence-corrected chi connectivity index (χ3v) is 5.90. The molecule has 3 aromatic rings. The fourth-order valence-electron chi connectivity index (χ4n) is 2.82. The summed E-state index contributed by atoms with van der Waals surface area (Å²) >= 11 is 0. The minimum Gasteiger partial charge on any atom is -0.322 e. The Kier molecular flexibility index (Phi) is 6.59. The lowest BCUT2D eigenvalue weighted by molar-refractivity contribution is -0.117. The smallest absolute Gasteiger partial charge is 0.242 e. The second-order valence-corrected chi connectivity index (χ2v) is 8.50. The van der Waals surface area contributed by atoms with E-state index in [1.54, 1.807) is 42.5 Å². The molecule has 5 nitrogen and oxygen atoms in total. The summed E-state index contributed by atoms with van der Waals surface area (Å²) in [5.41, 5.74) is 1.21. The van der Waals surface area contributed by atoms with E-state index < -0.39 is 33.6 Å². The monoisotopic (exact) mass is 430 g/mol. The van der Waals surface area contributed by atoms with Crippen LogP contribution >= 0.6 is 0 Å². The van der Waals surface area contributed by atoms with Crippen LogP contribution in [-0.2, 0) is 21.2 Å². The molecule has 0 fully saturated rings. The van der Waals surface area contributed by atoms with E-state index in [2.05, 4.69) is 10.0 Å². The van der Waals surface area contributed by atoms with Gasteiger partial charge in [-0.2, -0.15) is 4.72 Å². The van der Waals surface area contributed by atoms with Gasteiger partial charge in [0.1, 0.15) is 17.7 Å². The molecular formula is C22H20F2N2O3S. The van der Waals surface area contributed by atoms with Crippen molar-refractivity contribution in [1.82, 2.24) is 4.72 Å². The maximum atomic E-state index is 13.9. The second-order valence-electron chi connectivity index (χ2n) is 6.79. The maximum Gasteiger partial charge on any atom is 0.242 e. The predicted molar refractivity (Wildman–Crippen MR) is 110 cm³/mol. The Labute approximate surface area is 173 Å². The number of carbonyl (C=O) groups excluding carboxylic acids is 1. The van der Waals surface area contributed by atoms with Crippen LogP contribution in [0.25, 0.3) is 0 Å². The summed E-state index contributed by atoms with van der Waals surface area (Å²) in [6.45, 7) is 1.82. The molecule has 0 aromatic heterocycles. The van der Waals surface area contributed by atoms with Crippen LogP contribution in [0.5, 0.6) is 0 Å². The predicted octanol–water partition coefficient (Wildman–Crippen LogP) is 3.80. The second kappa shape index (κ2) is 9.15. The number of aryl methyl sites for hydroxylation is 1. The lowest BCUT2D eigenvalue weighted by atomic mass is 10.1.